The van der Waals surface area contributed by atoms with Crippen LogP contribution < -0.4 is 4.72 Å². The van der Waals surface area contributed by atoms with Gasteiger partial charge in [0.25, 0.3) is 0 Å². The van der Waals surface area contributed by atoms with Gasteiger partial charge in [0.15, 0.2) is 5.78 Å². The minimum absolute atomic E-state index is 0.0250. The van der Waals surface area contributed by atoms with Gasteiger partial charge >= 0.3 is 0 Å². The molecule has 0 saturated carbocycles. The minimum Gasteiger partial charge on any atom is -0.298 e. The zero-order valence-corrected chi connectivity index (χ0v) is 12.6. The lowest BCUT2D eigenvalue weighted by atomic mass is 9.91. The number of rotatable bonds is 5. The fraction of sp³-hybridized carbons (Fsp3) is 0.917. The highest BCUT2D eigenvalue weighted by Gasteiger charge is 2.23. The number of hydrogen-bond donors (Lipinski definition) is 1. The Kier molecular flexibility index (Phi) is 5.35. The Balaban J connectivity index is 4.26. The molecular formula is C12H25NO3S. The number of carbonyl (C=O) groups is 1. The zero-order chi connectivity index (χ0) is 13.9. The van der Waals surface area contributed by atoms with Crippen molar-refractivity contribution in [2.75, 3.05) is 12.3 Å². The second-order valence-corrected chi connectivity index (χ2v) is 8.55. The highest BCUT2D eigenvalue weighted by atomic mass is 32.2. The van der Waals surface area contributed by atoms with Crippen molar-refractivity contribution in [2.45, 2.75) is 48.0 Å². The van der Waals surface area contributed by atoms with Gasteiger partial charge in [-0.2, -0.15) is 0 Å². The third-order valence-electron chi connectivity index (χ3n) is 2.41. The van der Waals surface area contributed by atoms with Crippen LogP contribution in [-0.4, -0.2) is 26.5 Å². The summed E-state index contributed by atoms with van der Waals surface area (Å²) in [6.45, 7) is 11.2. The summed E-state index contributed by atoms with van der Waals surface area (Å²) in [4.78, 5) is 11.6. The summed E-state index contributed by atoms with van der Waals surface area (Å²) in [5.74, 6) is -0.0367. The molecule has 0 spiro atoms. The normalized spacial score (nSPS) is 13.8. The molecule has 0 heterocycles. The molecule has 0 aromatic heterocycles. The first-order chi connectivity index (χ1) is 7.33. The quantitative estimate of drug-likeness (QED) is 0.824. The summed E-state index contributed by atoms with van der Waals surface area (Å²) < 4.78 is 25.7. The number of hydrogen-bond acceptors (Lipinski definition) is 3. The summed E-state index contributed by atoms with van der Waals surface area (Å²) >= 11 is 0. The van der Waals surface area contributed by atoms with Gasteiger partial charge in [-0.3, -0.25) is 4.79 Å². The second kappa shape index (κ2) is 5.48. The van der Waals surface area contributed by atoms with Crippen molar-refractivity contribution in [1.29, 1.82) is 0 Å². The van der Waals surface area contributed by atoms with E-state index in [1.165, 1.54) is 0 Å². The van der Waals surface area contributed by atoms with Crippen LogP contribution >= 0.6 is 0 Å². The molecule has 5 heteroatoms. The Morgan fingerprint density at radius 1 is 1.06 bits per heavy atom. The molecule has 0 aromatic rings. The molecule has 0 aliphatic rings. The van der Waals surface area contributed by atoms with Gasteiger partial charge in [0.2, 0.25) is 10.0 Å². The first-order valence-electron chi connectivity index (χ1n) is 5.84. The lowest BCUT2D eigenvalue weighted by molar-refractivity contribution is -0.125. The van der Waals surface area contributed by atoms with Crippen LogP contribution in [0.15, 0.2) is 0 Å². The third kappa shape index (κ3) is 8.32. The summed E-state index contributed by atoms with van der Waals surface area (Å²) in [5, 5.41) is 0. The Bertz CT molecular complexity index is 358. The van der Waals surface area contributed by atoms with E-state index < -0.39 is 15.4 Å². The molecule has 102 valence electrons. The molecule has 0 amide bonds. The highest BCUT2D eigenvalue weighted by Crippen LogP contribution is 2.19. The molecule has 0 aromatic carbocycles. The van der Waals surface area contributed by atoms with Crippen molar-refractivity contribution in [3.8, 4) is 0 Å². The second-order valence-electron chi connectivity index (χ2n) is 6.62. The monoisotopic (exact) mass is 263 g/mol. The van der Waals surface area contributed by atoms with Crippen molar-refractivity contribution < 1.29 is 13.2 Å². The average Bonchev–Trinajstić information content (AvgIpc) is 2.09. The Labute approximate surface area is 105 Å². The molecule has 0 aliphatic carbocycles. The highest BCUT2D eigenvalue weighted by molar-refractivity contribution is 7.89. The zero-order valence-electron chi connectivity index (χ0n) is 11.8. The Morgan fingerprint density at radius 2 is 1.53 bits per heavy atom. The molecule has 0 unspecified atom stereocenters. The van der Waals surface area contributed by atoms with Crippen molar-refractivity contribution in [1.82, 2.24) is 4.72 Å². The van der Waals surface area contributed by atoms with Crippen LogP contribution in [0, 0.1) is 10.8 Å². The maximum Gasteiger partial charge on any atom is 0.212 e. The van der Waals surface area contributed by atoms with Crippen LogP contribution in [0.1, 0.15) is 48.0 Å². The van der Waals surface area contributed by atoms with Crippen molar-refractivity contribution >= 4 is 15.8 Å². The van der Waals surface area contributed by atoms with Crippen molar-refractivity contribution in [3.63, 3.8) is 0 Å². The maximum atomic E-state index is 11.6. The predicted molar refractivity (Wildman–Crippen MR) is 70.3 cm³/mol. The molecule has 0 bridgehead atoms. The summed E-state index contributed by atoms with van der Waals surface area (Å²) in [6, 6.07) is 0. The summed E-state index contributed by atoms with van der Waals surface area (Å²) in [6.07, 6.45) is 0.575. The molecule has 0 atom stereocenters. The van der Waals surface area contributed by atoms with Gasteiger partial charge in [0, 0.05) is 5.41 Å². The van der Waals surface area contributed by atoms with E-state index in [0.29, 0.717) is 6.42 Å². The number of ketones is 1. The van der Waals surface area contributed by atoms with Crippen LogP contribution in [0.5, 0.6) is 0 Å². The standard InChI is InChI=1S/C12H25NO3S/c1-11(2,3)7-8-17(15,16)13-9-10(14)12(4,5)6/h13H,7-9H2,1-6H3. The van der Waals surface area contributed by atoms with E-state index in [1.807, 2.05) is 20.8 Å². The van der Waals surface area contributed by atoms with Crippen LogP contribution in [0.3, 0.4) is 0 Å². The third-order valence-corrected chi connectivity index (χ3v) is 3.74. The molecule has 0 aliphatic heterocycles. The lowest BCUT2D eigenvalue weighted by Crippen LogP contribution is -2.37. The van der Waals surface area contributed by atoms with Gasteiger partial charge in [-0.25, -0.2) is 13.1 Å². The van der Waals surface area contributed by atoms with Crippen LogP contribution in [-0.2, 0) is 14.8 Å². The number of nitrogens with one attached hydrogen (secondary N) is 1. The van der Waals surface area contributed by atoms with Crippen LogP contribution in [0.25, 0.3) is 0 Å². The number of Topliss-reactive ketones (excluding diaryl/α,β-unsaturated/α-hetero) is 1. The molecule has 17 heavy (non-hydrogen) atoms. The average molecular weight is 263 g/mol. The largest absolute Gasteiger partial charge is 0.298 e. The fourth-order valence-electron chi connectivity index (χ4n) is 0.953. The molecule has 0 rings (SSSR count). The van der Waals surface area contributed by atoms with E-state index in [0.717, 1.165) is 0 Å². The predicted octanol–water partition coefficient (Wildman–Crippen LogP) is 1.96. The van der Waals surface area contributed by atoms with Gasteiger partial charge in [0.05, 0.1) is 12.3 Å². The smallest absolute Gasteiger partial charge is 0.212 e. The van der Waals surface area contributed by atoms with Gasteiger partial charge in [0.1, 0.15) is 0 Å². The van der Waals surface area contributed by atoms with E-state index >= 15 is 0 Å². The van der Waals surface area contributed by atoms with Gasteiger partial charge in [-0.15, -0.1) is 0 Å². The summed E-state index contributed by atoms with van der Waals surface area (Å²) in [7, 11) is -3.34. The molecule has 1 N–H and O–H groups in total. The Hall–Kier alpha value is -0.420. The molecule has 0 fully saturated rings. The van der Waals surface area contributed by atoms with Crippen molar-refractivity contribution in [2.24, 2.45) is 10.8 Å². The van der Waals surface area contributed by atoms with E-state index in [1.54, 1.807) is 20.8 Å². The van der Waals surface area contributed by atoms with E-state index in [9.17, 15) is 13.2 Å². The number of carbonyl (C=O) groups excluding carboxylic acids is 1. The molecular weight excluding hydrogens is 238 g/mol. The topological polar surface area (TPSA) is 63.2 Å². The first-order valence-corrected chi connectivity index (χ1v) is 7.49. The number of sulfonamides is 1. The fourth-order valence-corrected chi connectivity index (χ4v) is 2.33. The van der Waals surface area contributed by atoms with Crippen molar-refractivity contribution in [3.05, 3.63) is 0 Å². The Morgan fingerprint density at radius 3 is 1.88 bits per heavy atom. The minimum atomic E-state index is -3.34. The van der Waals surface area contributed by atoms with E-state index in [-0.39, 0.29) is 23.5 Å². The van der Waals surface area contributed by atoms with E-state index in [2.05, 4.69) is 4.72 Å². The van der Waals surface area contributed by atoms with Crippen LogP contribution in [0.4, 0.5) is 0 Å². The molecule has 0 saturated heterocycles. The van der Waals surface area contributed by atoms with Gasteiger partial charge in [-0.1, -0.05) is 41.5 Å². The van der Waals surface area contributed by atoms with E-state index in [4.69, 9.17) is 0 Å². The SMILES string of the molecule is CC(C)(C)CCS(=O)(=O)NCC(=O)C(C)(C)C. The maximum absolute atomic E-state index is 11.6. The lowest BCUT2D eigenvalue weighted by Gasteiger charge is -2.19. The first kappa shape index (κ1) is 16.6. The molecule has 0 radical (unpaired) electrons. The van der Waals surface area contributed by atoms with Crippen LogP contribution in [0.2, 0.25) is 0 Å². The van der Waals surface area contributed by atoms with Gasteiger partial charge < -0.3 is 0 Å². The summed E-state index contributed by atoms with van der Waals surface area (Å²) in [5.41, 5.74) is -0.532. The molecule has 4 nitrogen and oxygen atoms in total. The van der Waals surface area contributed by atoms with Gasteiger partial charge in [-0.05, 0) is 11.8 Å².